The summed E-state index contributed by atoms with van der Waals surface area (Å²) in [5.41, 5.74) is 1.25. The van der Waals surface area contributed by atoms with Gasteiger partial charge in [0.15, 0.2) is 5.97 Å². The first-order valence-corrected chi connectivity index (χ1v) is 8.21. The Balaban J connectivity index is 0.000000450. The average molecular weight is 348 g/mol. The molecule has 25 heavy (non-hydrogen) atoms. The van der Waals surface area contributed by atoms with Crippen LogP contribution in [0.25, 0.3) is 6.08 Å². The molecule has 136 valence electrons. The van der Waals surface area contributed by atoms with Gasteiger partial charge in [-0.05, 0) is 11.6 Å². The fraction of sp³-hybridized carbons (Fsp3) is 0.389. The summed E-state index contributed by atoms with van der Waals surface area (Å²) in [5, 5.41) is 16.3. The van der Waals surface area contributed by atoms with Gasteiger partial charge in [0.2, 0.25) is 5.91 Å². The second-order valence-electron chi connectivity index (χ2n) is 5.59. The molecule has 0 radical (unpaired) electrons. The molecule has 0 spiro atoms. The van der Waals surface area contributed by atoms with Crippen LogP contribution in [0.4, 0.5) is 0 Å². The molecule has 0 unspecified atom stereocenters. The number of aliphatic carboxylic acids is 2. The van der Waals surface area contributed by atoms with Gasteiger partial charge in [-0.2, -0.15) is 0 Å². The summed E-state index contributed by atoms with van der Waals surface area (Å²) in [6.07, 6.45) is 5.04. The molecule has 1 aromatic rings. The zero-order valence-corrected chi connectivity index (χ0v) is 14.3. The smallest absolute Gasteiger partial charge is 0.351 e. The van der Waals surface area contributed by atoms with Gasteiger partial charge >= 0.3 is 5.97 Å². The van der Waals surface area contributed by atoms with E-state index in [1.807, 2.05) is 17.9 Å². The number of benzene rings is 1. The fourth-order valence-corrected chi connectivity index (χ4v) is 2.43. The zero-order valence-electron chi connectivity index (χ0n) is 14.3. The quantitative estimate of drug-likeness (QED) is 0.656. The Morgan fingerprint density at radius 1 is 1.20 bits per heavy atom. The molecule has 0 atom stereocenters. The number of hydrogen-bond donors (Lipinski definition) is 2. The van der Waals surface area contributed by atoms with Gasteiger partial charge < -0.3 is 24.8 Å². The van der Waals surface area contributed by atoms with Crippen LogP contribution >= 0.6 is 0 Å². The summed E-state index contributed by atoms with van der Waals surface area (Å²) in [5.74, 6) is -3.72. The van der Waals surface area contributed by atoms with E-state index in [1.54, 1.807) is 4.90 Å². The van der Waals surface area contributed by atoms with Crippen molar-refractivity contribution in [1.29, 1.82) is 0 Å². The topological polar surface area (TPSA) is 102 Å². The Hall–Kier alpha value is -2.67. The molecule has 1 saturated heterocycles. The highest BCUT2D eigenvalue weighted by atomic mass is 16.4. The van der Waals surface area contributed by atoms with Crippen LogP contribution in [0.3, 0.4) is 0 Å². The summed E-state index contributed by atoms with van der Waals surface area (Å²) in [4.78, 5) is 33.2. The number of carbonyl (C=O) groups excluding carboxylic acids is 2. The molecule has 0 aliphatic carbocycles. The number of quaternary nitrogens is 1. The minimum atomic E-state index is -2.07. The van der Waals surface area contributed by atoms with Gasteiger partial charge in [0, 0.05) is 6.42 Å². The van der Waals surface area contributed by atoms with Crippen LogP contribution in [-0.2, 0) is 14.4 Å². The molecule has 1 aliphatic rings. The van der Waals surface area contributed by atoms with Crippen LogP contribution in [0.15, 0.2) is 36.4 Å². The first-order chi connectivity index (χ1) is 11.9. The van der Waals surface area contributed by atoms with E-state index in [2.05, 4.69) is 36.4 Å². The Labute approximate surface area is 147 Å². The molecule has 0 saturated carbocycles. The number of nitrogens with zero attached hydrogens (tertiary/aromatic N) is 1. The van der Waals surface area contributed by atoms with Crippen molar-refractivity contribution in [2.45, 2.75) is 13.3 Å². The third-order valence-corrected chi connectivity index (χ3v) is 3.82. The SMILES string of the molecule is CCC(=O)N1CC[NH+](C/C=C/c2ccccc2)CC1.O=C([O-])C(=O)O. The third kappa shape index (κ3) is 8.12. The lowest BCUT2D eigenvalue weighted by atomic mass is 10.2. The van der Waals surface area contributed by atoms with Crippen molar-refractivity contribution in [2.75, 3.05) is 32.7 Å². The van der Waals surface area contributed by atoms with Gasteiger partial charge in [-0.1, -0.05) is 43.3 Å². The first-order valence-electron chi connectivity index (χ1n) is 8.21. The molecule has 1 amide bonds. The lowest BCUT2D eigenvalue weighted by Gasteiger charge is -2.31. The molecular formula is C18H24N2O5. The molecule has 1 fully saturated rings. The maximum Gasteiger partial charge on any atom is 0.351 e. The van der Waals surface area contributed by atoms with Gasteiger partial charge in [0.25, 0.3) is 0 Å². The average Bonchev–Trinajstić information content (AvgIpc) is 2.63. The number of carboxylic acids is 2. The number of rotatable bonds is 4. The number of nitrogens with one attached hydrogen (secondary N) is 1. The van der Waals surface area contributed by atoms with E-state index in [4.69, 9.17) is 19.8 Å². The van der Waals surface area contributed by atoms with Gasteiger partial charge in [0.1, 0.15) is 0 Å². The summed E-state index contributed by atoms with van der Waals surface area (Å²) >= 11 is 0. The predicted octanol–water partition coefficient (Wildman–Crippen LogP) is -1.34. The Morgan fingerprint density at radius 2 is 1.76 bits per heavy atom. The highest BCUT2D eigenvalue weighted by Gasteiger charge is 2.21. The van der Waals surface area contributed by atoms with Crippen molar-refractivity contribution < 1.29 is 29.5 Å². The molecular weight excluding hydrogens is 324 g/mol. The second kappa shape index (κ2) is 11.0. The number of hydrogen-bond acceptors (Lipinski definition) is 4. The number of piperazine rings is 1. The zero-order chi connectivity index (χ0) is 18.7. The van der Waals surface area contributed by atoms with Crippen LogP contribution < -0.4 is 10.0 Å². The molecule has 1 aliphatic heterocycles. The van der Waals surface area contributed by atoms with Crippen LogP contribution in [0, 0.1) is 0 Å². The van der Waals surface area contributed by atoms with E-state index >= 15 is 0 Å². The Bertz CT molecular complexity index is 581. The van der Waals surface area contributed by atoms with E-state index in [0.717, 1.165) is 32.7 Å². The van der Waals surface area contributed by atoms with Crippen molar-refractivity contribution in [3.63, 3.8) is 0 Å². The van der Waals surface area contributed by atoms with E-state index in [1.165, 1.54) is 5.56 Å². The molecule has 2 N–H and O–H groups in total. The Kier molecular flexibility index (Phi) is 8.95. The van der Waals surface area contributed by atoms with Crippen molar-refractivity contribution in [1.82, 2.24) is 4.90 Å². The largest absolute Gasteiger partial charge is 0.539 e. The van der Waals surface area contributed by atoms with Crippen molar-refractivity contribution in [3.05, 3.63) is 42.0 Å². The molecule has 7 heteroatoms. The highest BCUT2D eigenvalue weighted by molar-refractivity contribution is 6.26. The maximum atomic E-state index is 11.6. The predicted molar refractivity (Wildman–Crippen MR) is 90.6 cm³/mol. The number of carbonyl (C=O) groups is 3. The fourth-order valence-electron chi connectivity index (χ4n) is 2.43. The normalized spacial score (nSPS) is 14.7. The molecule has 2 rings (SSSR count). The van der Waals surface area contributed by atoms with Gasteiger partial charge in [-0.3, -0.25) is 4.79 Å². The molecule has 7 nitrogen and oxygen atoms in total. The minimum absolute atomic E-state index is 0.291. The number of amides is 1. The summed E-state index contributed by atoms with van der Waals surface area (Å²) in [6, 6.07) is 10.4. The highest BCUT2D eigenvalue weighted by Crippen LogP contribution is 2.00. The van der Waals surface area contributed by atoms with E-state index in [0.29, 0.717) is 12.3 Å². The van der Waals surface area contributed by atoms with Crippen molar-refractivity contribution >= 4 is 23.9 Å². The van der Waals surface area contributed by atoms with Crippen LogP contribution in [0.5, 0.6) is 0 Å². The second-order valence-corrected chi connectivity index (χ2v) is 5.59. The van der Waals surface area contributed by atoms with Gasteiger partial charge in [0.05, 0.1) is 32.7 Å². The molecule has 1 heterocycles. The van der Waals surface area contributed by atoms with Crippen LogP contribution in [0.2, 0.25) is 0 Å². The van der Waals surface area contributed by atoms with Gasteiger partial charge in [-0.15, -0.1) is 0 Å². The van der Waals surface area contributed by atoms with E-state index in [-0.39, 0.29) is 0 Å². The summed E-state index contributed by atoms with van der Waals surface area (Å²) in [6.45, 7) is 6.91. The summed E-state index contributed by atoms with van der Waals surface area (Å²) < 4.78 is 0. The maximum absolute atomic E-state index is 11.6. The van der Waals surface area contributed by atoms with Gasteiger partial charge in [-0.25, -0.2) is 4.79 Å². The van der Waals surface area contributed by atoms with Crippen LogP contribution in [0.1, 0.15) is 18.9 Å². The lowest BCUT2D eigenvalue weighted by molar-refractivity contribution is -0.898. The van der Waals surface area contributed by atoms with E-state index in [9.17, 15) is 4.79 Å². The van der Waals surface area contributed by atoms with Crippen molar-refractivity contribution in [2.24, 2.45) is 0 Å². The number of carboxylic acid groups (broad SMARTS) is 2. The molecule has 1 aromatic carbocycles. The van der Waals surface area contributed by atoms with Crippen LogP contribution in [-0.4, -0.2) is 60.6 Å². The minimum Gasteiger partial charge on any atom is -0.539 e. The lowest BCUT2D eigenvalue weighted by Crippen LogP contribution is -3.14. The standard InChI is InChI=1S/C16H22N2O.C2H2O4/c1-2-16(19)18-13-11-17(12-14-18)10-6-9-15-7-4-3-5-8-15;3-1(4)2(5)6/h3-9H,2,10-14H2,1H3;(H,3,4)(H,5,6)/b9-6+;. The third-order valence-electron chi connectivity index (χ3n) is 3.82. The van der Waals surface area contributed by atoms with Crippen molar-refractivity contribution in [3.8, 4) is 0 Å². The summed E-state index contributed by atoms with van der Waals surface area (Å²) in [7, 11) is 0. The molecule has 0 bridgehead atoms. The Morgan fingerprint density at radius 3 is 2.24 bits per heavy atom. The first kappa shape index (κ1) is 20.4. The van der Waals surface area contributed by atoms with E-state index < -0.39 is 11.9 Å². The monoisotopic (exact) mass is 348 g/mol. The molecule has 0 aromatic heterocycles.